The number of nitrogens with zero attached hydrogens (tertiary/aromatic N) is 2. The molecule has 0 radical (unpaired) electrons. The van der Waals surface area contributed by atoms with Crippen LogP contribution in [0.25, 0.3) is 11.0 Å². The third-order valence-electron chi connectivity index (χ3n) is 5.12. The lowest BCUT2D eigenvalue weighted by molar-refractivity contribution is -0.121. The van der Waals surface area contributed by atoms with Crippen LogP contribution in [-0.4, -0.2) is 27.9 Å². The number of fused-ring (bicyclic) bond motifs is 1. The Labute approximate surface area is 191 Å². The minimum Gasteiger partial charge on any atom is -0.352 e. The molecular formula is C25H23ClN4O2. The second-order valence-corrected chi connectivity index (χ2v) is 7.76. The van der Waals surface area contributed by atoms with Crippen molar-refractivity contribution in [1.29, 1.82) is 0 Å². The molecule has 0 aliphatic rings. The molecule has 1 aromatic heterocycles. The van der Waals surface area contributed by atoms with Crippen LogP contribution in [0.5, 0.6) is 0 Å². The Hall–Kier alpha value is -3.64. The number of nitrogens with one attached hydrogen (secondary N) is 2. The zero-order chi connectivity index (χ0) is 22.3. The van der Waals surface area contributed by atoms with E-state index in [2.05, 4.69) is 15.6 Å². The van der Waals surface area contributed by atoms with E-state index >= 15 is 0 Å². The smallest absolute Gasteiger partial charge is 0.252 e. The lowest BCUT2D eigenvalue weighted by Gasteiger charge is -2.11. The molecule has 2 N–H and O–H groups in total. The number of rotatable bonds is 8. The van der Waals surface area contributed by atoms with Gasteiger partial charge in [0, 0.05) is 19.5 Å². The molecule has 0 atom stereocenters. The Morgan fingerprint density at radius 3 is 2.41 bits per heavy atom. The number of amides is 2. The van der Waals surface area contributed by atoms with Crippen molar-refractivity contribution in [3.63, 3.8) is 0 Å². The summed E-state index contributed by atoms with van der Waals surface area (Å²) in [4.78, 5) is 29.7. The van der Waals surface area contributed by atoms with E-state index in [-0.39, 0.29) is 18.4 Å². The maximum absolute atomic E-state index is 12.6. The summed E-state index contributed by atoms with van der Waals surface area (Å²) >= 11 is 6.10. The first-order chi connectivity index (χ1) is 15.6. The van der Waals surface area contributed by atoms with Gasteiger partial charge < -0.3 is 15.2 Å². The van der Waals surface area contributed by atoms with Crippen LogP contribution < -0.4 is 10.6 Å². The second-order valence-electron chi connectivity index (χ2n) is 7.35. The molecule has 1 heterocycles. The predicted octanol–water partition coefficient (Wildman–Crippen LogP) is 3.98. The van der Waals surface area contributed by atoms with Crippen molar-refractivity contribution in [2.75, 3.05) is 6.54 Å². The molecule has 3 aromatic carbocycles. The second kappa shape index (κ2) is 10.1. The highest BCUT2D eigenvalue weighted by Crippen LogP contribution is 2.17. The number of aromatic nitrogens is 2. The van der Waals surface area contributed by atoms with E-state index in [1.54, 1.807) is 24.3 Å². The van der Waals surface area contributed by atoms with Crippen LogP contribution in [0.15, 0.2) is 78.9 Å². The molecule has 32 heavy (non-hydrogen) atoms. The van der Waals surface area contributed by atoms with Crippen molar-refractivity contribution in [1.82, 2.24) is 20.2 Å². The zero-order valence-corrected chi connectivity index (χ0v) is 18.2. The minimum atomic E-state index is -0.237. The molecular weight excluding hydrogens is 424 g/mol. The average molecular weight is 447 g/mol. The number of para-hydroxylation sites is 2. The molecule has 0 aliphatic carbocycles. The molecule has 0 unspecified atom stereocenters. The first-order valence-corrected chi connectivity index (χ1v) is 10.8. The molecule has 2 amide bonds. The summed E-state index contributed by atoms with van der Waals surface area (Å²) < 4.78 is 1.90. The standard InChI is InChI=1S/C25H23ClN4O2/c26-20-11-5-4-10-19(20)25(32)27-15-14-23-29-21-12-6-7-13-22(21)30(23)17-24(31)28-16-18-8-2-1-3-9-18/h1-13H,14-17H2,(H,27,32)(H,28,31). The molecule has 162 valence electrons. The molecule has 4 aromatic rings. The van der Waals surface area contributed by atoms with Gasteiger partial charge in [-0.05, 0) is 29.8 Å². The Morgan fingerprint density at radius 2 is 1.59 bits per heavy atom. The predicted molar refractivity (Wildman–Crippen MR) is 126 cm³/mol. The summed E-state index contributed by atoms with van der Waals surface area (Å²) in [5.74, 6) is 0.401. The highest BCUT2D eigenvalue weighted by Gasteiger charge is 2.15. The van der Waals surface area contributed by atoms with Crippen molar-refractivity contribution < 1.29 is 9.59 Å². The summed E-state index contributed by atoms with van der Waals surface area (Å²) in [6, 6.07) is 24.4. The number of hydrogen-bond acceptors (Lipinski definition) is 3. The van der Waals surface area contributed by atoms with E-state index in [0.29, 0.717) is 30.1 Å². The molecule has 0 spiro atoms. The van der Waals surface area contributed by atoms with E-state index in [0.717, 1.165) is 22.4 Å². The van der Waals surface area contributed by atoms with Gasteiger partial charge in [-0.3, -0.25) is 9.59 Å². The number of benzene rings is 3. The number of imidazole rings is 1. The Balaban J connectivity index is 1.43. The van der Waals surface area contributed by atoms with Crippen LogP contribution in [0, 0.1) is 0 Å². The molecule has 7 heteroatoms. The maximum atomic E-state index is 12.6. The van der Waals surface area contributed by atoms with Crippen LogP contribution in [0.4, 0.5) is 0 Å². The maximum Gasteiger partial charge on any atom is 0.252 e. The van der Waals surface area contributed by atoms with Crippen molar-refractivity contribution in [2.45, 2.75) is 19.5 Å². The quantitative estimate of drug-likeness (QED) is 0.430. The van der Waals surface area contributed by atoms with Gasteiger partial charge in [-0.15, -0.1) is 0 Å². The fourth-order valence-corrected chi connectivity index (χ4v) is 3.74. The fraction of sp³-hybridized carbons (Fsp3) is 0.160. The van der Waals surface area contributed by atoms with Crippen molar-refractivity contribution in [3.8, 4) is 0 Å². The summed E-state index contributed by atoms with van der Waals surface area (Å²) in [5, 5.41) is 6.25. The Bertz CT molecular complexity index is 1240. The van der Waals surface area contributed by atoms with E-state index in [1.165, 1.54) is 0 Å². The van der Waals surface area contributed by atoms with E-state index in [4.69, 9.17) is 11.6 Å². The number of hydrogen-bond donors (Lipinski definition) is 2. The summed E-state index contributed by atoms with van der Waals surface area (Å²) in [5.41, 5.74) is 3.17. The molecule has 0 saturated heterocycles. The topological polar surface area (TPSA) is 76.0 Å². The third kappa shape index (κ3) is 5.15. The molecule has 6 nitrogen and oxygen atoms in total. The van der Waals surface area contributed by atoms with Crippen LogP contribution >= 0.6 is 11.6 Å². The van der Waals surface area contributed by atoms with Crippen molar-refractivity contribution in [2.24, 2.45) is 0 Å². The Kier molecular flexibility index (Phi) is 6.82. The van der Waals surface area contributed by atoms with Gasteiger partial charge >= 0.3 is 0 Å². The van der Waals surface area contributed by atoms with Gasteiger partial charge in [-0.25, -0.2) is 4.98 Å². The monoisotopic (exact) mass is 446 g/mol. The molecule has 0 bridgehead atoms. The SMILES string of the molecule is O=C(Cn1c(CCNC(=O)c2ccccc2Cl)nc2ccccc21)NCc1ccccc1. The highest BCUT2D eigenvalue weighted by atomic mass is 35.5. The van der Waals surface area contributed by atoms with E-state index in [1.807, 2.05) is 59.2 Å². The van der Waals surface area contributed by atoms with Crippen LogP contribution in [-0.2, 0) is 24.3 Å². The molecule has 0 fully saturated rings. The van der Waals surface area contributed by atoms with Gasteiger partial charge in [0.05, 0.1) is 21.6 Å². The van der Waals surface area contributed by atoms with Gasteiger partial charge in [0.1, 0.15) is 12.4 Å². The highest BCUT2D eigenvalue weighted by molar-refractivity contribution is 6.33. The average Bonchev–Trinajstić information content (AvgIpc) is 3.16. The van der Waals surface area contributed by atoms with E-state index in [9.17, 15) is 9.59 Å². The zero-order valence-electron chi connectivity index (χ0n) is 17.4. The largest absolute Gasteiger partial charge is 0.352 e. The fourth-order valence-electron chi connectivity index (χ4n) is 3.52. The minimum absolute atomic E-state index is 0.0987. The van der Waals surface area contributed by atoms with Crippen LogP contribution in [0.3, 0.4) is 0 Å². The Morgan fingerprint density at radius 1 is 0.875 bits per heavy atom. The van der Waals surface area contributed by atoms with Crippen LogP contribution in [0.1, 0.15) is 21.7 Å². The lowest BCUT2D eigenvalue weighted by Crippen LogP contribution is -2.29. The number of carbonyl (C=O) groups is 2. The molecule has 0 aliphatic heterocycles. The summed E-state index contributed by atoms with van der Waals surface area (Å²) in [6.07, 6.45) is 0.483. The first-order valence-electron chi connectivity index (χ1n) is 10.4. The molecule has 0 saturated carbocycles. The van der Waals surface area contributed by atoms with Gasteiger partial charge in [0.25, 0.3) is 5.91 Å². The van der Waals surface area contributed by atoms with Gasteiger partial charge in [0.2, 0.25) is 5.91 Å². The van der Waals surface area contributed by atoms with Crippen molar-refractivity contribution in [3.05, 3.63) is 101 Å². The lowest BCUT2D eigenvalue weighted by atomic mass is 10.2. The van der Waals surface area contributed by atoms with Gasteiger partial charge in [0.15, 0.2) is 0 Å². The van der Waals surface area contributed by atoms with Gasteiger partial charge in [-0.1, -0.05) is 66.2 Å². The number of halogens is 1. The number of carbonyl (C=O) groups excluding carboxylic acids is 2. The van der Waals surface area contributed by atoms with E-state index < -0.39 is 0 Å². The van der Waals surface area contributed by atoms with Crippen LogP contribution in [0.2, 0.25) is 5.02 Å². The third-order valence-corrected chi connectivity index (χ3v) is 5.45. The summed E-state index contributed by atoms with van der Waals surface area (Å²) in [7, 11) is 0. The normalized spacial score (nSPS) is 10.8. The molecule has 4 rings (SSSR count). The summed E-state index contributed by atoms with van der Waals surface area (Å²) in [6.45, 7) is 0.996. The van der Waals surface area contributed by atoms with Crippen molar-refractivity contribution >= 4 is 34.4 Å². The first kappa shape index (κ1) is 21.6. The van der Waals surface area contributed by atoms with Gasteiger partial charge in [-0.2, -0.15) is 0 Å².